The van der Waals surface area contributed by atoms with Crippen molar-refractivity contribution in [1.29, 1.82) is 0 Å². The fourth-order valence-corrected chi connectivity index (χ4v) is 5.83. The highest BCUT2D eigenvalue weighted by Crippen LogP contribution is 2.53. The van der Waals surface area contributed by atoms with Gasteiger partial charge in [0.2, 0.25) is 5.90 Å². The minimum absolute atomic E-state index is 0.0297. The highest BCUT2D eigenvalue weighted by atomic mass is 35.5. The van der Waals surface area contributed by atoms with Crippen LogP contribution in [-0.2, 0) is 13.9 Å². The molecule has 7 heteroatoms. The maximum Gasteiger partial charge on any atom is 0.217 e. The van der Waals surface area contributed by atoms with E-state index >= 15 is 0 Å². The Balaban J connectivity index is 1.60. The first-order chi connectivity index (χ1) is 12.0. The number of aliphatic imine (C=N–C) groups is 1. The number of benzene rings is 1. The maximum absolute atomic E-state index is 10.9. The first kappa shape index (κ1) is 18.4. The molecule has 26 heavy (non-hydrogen) atoms. The van der Waals surface area contributed by atoms with Crippen molar-refractivity contribution in [1.82, 2.24) is 0 Å². The molecule has 0 aliphatic carbocycles. The summed E-state index contributed by atoms with van der Waals surface area (Å²) in [5.74, 6) is 0.583. The molecule has 3 heterocycles. The molecule has 0 spiro atoms. The zero-order chi connectivity index (χ0) is 18.9. The lowest BCUT2D eigenvalue weighted by atomic mass is 9.88. The maximum atomic E-state index is 10.9. The minimum atomic E-state index is -2.21. The summed E-state index contributed by atoms with van der Waals surface area (Å²) in [6.07, 6.45) is -2.32. The monoisotopic (exact) mass is 395 g/mol. The highest BCUT2D eigenvalue weighted by molar-refractivity contribution is 6.74. The molecule has 1 aromatic rings. The van der Waals surface area contributed by atoms with Crippen molar-refractivity contribution in [3.63, 3.8) is 0 Å². The molecule has 4 rings (SSSR count). The molecule has 0 unspecified atom stereocenters. The van der Waals surface area contributed by atoms with Crippen LogP contribution in [0.25, 0.3) is 0 Å². The third-order valence-corrected chi connectivity index (χ3v) is 11.2. The van der Waals surface area contributed by atoms with Gasteiger partial charge in [-0.15, -0.1) is 0 Å². The minimum Gasteiger partial charge on any atom is -0.469 e. The van der Waals surface area contributed by atoms with Gasteiger partial charge in [-0.1, -0.05) is 50.6 Å². The highest BCUT2D eigenvalue weighted by Gasteiger charge is 2.72. The Kier molecular flexibility index (Phi) is 4.10. The van der Waals surface area contributed by atoms with Gasteiger partial charge in [0.25, 0.3) is 0 Å². The summed E-state index contributed by atoms with van der Waals surface area (Å²) in [5, 5.41) is 9.56. The van der Waals surface area contributed by atoms with Crippen molar-refractivity contribution < 1.29 is 19.0 Å². The van der Waals surface area contributed by atoms with Crippen molar-refractivity contribution in [2.24, 2.45) is 4.99 Å². The summed E-state index contributed by atoms with van der Waals surface area (Å²) in [4.78, 5) is 4.67. The first-order valence-electron chi connectivity index (χ1n) is 9.07. The van der Waals surface area contributed by atoms with Crippen molar-refractivity contribution in [2.45, 2.75) is 74.4 Å². The molecule has 0 radical (unpaired) electrons. The van der Waals surface area contributed by atoms with Gasteiger partial charge in [0.15, 0.2) is 19.5 Å². The average Bonchev–Trinajstić information content (AvgIpc) is 3.18. The molecule has 0 saturated carbocycles. The van der Waals surface area contributed by atoms with Gasteiger partial charge >= 0.3 is 0 Å². The number of hydrogen-bond donors (Lipinski definition) is 1. The van der Waals surface area contributed by atoms with Gasteiger partial charge in [-0.25, -0.2) is 4.99 Å². The van der Waals surface area contributed by atoms with Gasteiger partial charge < -0.3 is 19.0 Å². The Morgan fingerprint density at radius 1 is 1.19 bits per heavy atom. The molecule has 2 saturated heterocycles. The molecule has 5 nitrogen and oxygen atoms in total. The van der Waals surface area contributed by atoms with Gasteiger partial charge in [-0.3, -0.25) is 0 Å². The Bertz CT molecular complexity index is 735. The molecule has 3 aliphatic rings. The van der Waals surface area contributed by atoms with Gasteiger partial charge in [-0.2, -0.15) is 0 Å². The SMILES string of the molecule is CC(C)(C)[Si](C)(C)O[C@@]1(Cl)[C@H](O)[C@@H]2O[C@H]1[C@H]1OC(c3ccccc3)=N[C@@H]21. The van der Waals surface area contributed by atoms with Crippen LogP contribution in [0.4, 0.5) is 0 Å². The fourth-order valence-electron chi connectivity index (χ4n) is 3.62. The summed E-state index contributed by atoms with van der Waals surface area (Å²) in [7, 11) is -2.21. The molecular formula is C19H26ClNO4Si. The fraction of sp³-hybridized carbons (Fsp3) is 0.632. The van der Waals surface area contributed by atoms with E-state index in [1.807, 2.05) is 30.3 Å². The van der Waals surface area contributed by atoms with E-state index in [1.54, 1.807) is 0 Å². The normalized spacial score (nSPS) is 38.9. The number of halogens is 1. The van der Waals surface area contributed by atoms with E-state index in [1.165, 1.54) is 0 Å². The topological polar surface area (TPSA) is 60.3 Å². The van der Waals surface area contributed by atoms with E-state index < -0.39 is 31.7 Å². The van der Waals surface area contributed by atoms with Gasteiger partial charge in [0.1, 0.15) is 24.4 Å². The van der Waals surface area contributed by atoms with Gasteiger partial charge in [-0.05, 0) is 30.3 Å². The summed E-state index contributed by atoms with van der Waals surface area (Å²) in [6.45, 7) is 10.7. The standard InChI is InChI=1S/C19H26ClNO4Si/c1-18(2,3)26(4,5)25-19(20)15(22)13-12-14(16(19)23-13)24-17(21-12)11-9-7-6-8-10-11/h6-10,12-16,22H,1-5H3/t12-,13+,14-,15+,16-,19-/m0/s1. The second-order valence-electron chi connectivity index (χ2n) is 8.90. The van der Waals surface area contributed by atoms with E-state index in [9.17, 15) is 5.11 Å². The van der Waals surface area contributed by atoms with Crippen LogP contribution in [0.1, 0.15) is 26.3 Å². The van der Waals surface area contributed by atoms with Crippen molar-refractivity contribution in [3.05, 3.63) is 35.9 Å². The molecule has 142 valence electrons. The van der Waals surface area contributed by atoms with Crippen LogP contribution >= 0.6 is 11.6 Å². The van der Waals surface area contributed by atoms with Gasteiger partial charge in [0, 0.05) is 5.56 Å². The van der Waals surface area contributed by atoms with Crippen LogP contribution in [0.15, 0.2) is 35.3 Å². The van der Waals surface area contributed by atoms with Crippen LogP contribution in [-0.4, -0.2) is 54.8 Å². The molecule has 2 bridgehead atoms. The van der Waals surface area contributed by atoms with E-state index in [0.29, 0.717) is 5.90 Å². The Hall–Kier alpha value is -0.923. The number of alkyl halides is 1. The van der Waals surface area contributed by atoms with Crippen molar-refractivity contribution in [2.75, 3.05) is 0 Å². The number of hydrogen-bond acceptors (Lipinski definition) is 5. The molecule has 0 amide bonds. The zero-order valence-electron chi connectivity index (χ0n) is 15.8. The molecule has 1 aromatic carbocycles. The zero-order valence-corrected chi connectivity index (χ0v) is 17.5. The number of fused-ring (bicyclic) bond motifs is 5. The first-order valence-corrected chi connectivity index (χ1v) is 12.4. The van der Waals surface area contributed by atoms with Crippen LogP contribution in [0, 0.1) is 0 Å². The Morgan fingerprint density at radius 2 is 1.85 bits per heavy atom. The Labute approximate surface area is 160 Å². The molecule has 1 N–H and O–H groups in total. The van der Waals surface area contributed by atoms with E-state index in [-0.39, 0.29) is 17.2 Å². The lowest BCUT2D eigenvalue weighted by Gasteiger charge is -2.46. The van der Waals surface area contributed by atoms with Crippen molar-refractivity contribution >= 4 is 25.8 Å². The quantitative estimate of drug-likeness (QED) is 0.630. The number of rotatable bonds is 3. The lowest BCUT2D eigenvalue weighted by Crippen LogP contribution is -2.62. The average molecular weight is 396 g/mol. The Morgan fingerprint density at radius 3 is 2.46 bits per heavy atom. The van der Waals surface area contributed by atoms with Gasteiger partial charge in [0.05, 0.1) is 0 Å². The third-order valence-electron chi connectivity index (χ3n) is 6.13. The number of aliphatic hydroxyl groups excluding tert-OH is 1. The van der Waals surface area contributed by atoms with Crippen LogP contribution in [0.3, 0.4) is 0 Å². The number of nitrogens with zero attached hydrogens (tertiary/aromatic N) is 1. The lowest BCUT2D eigenvalue weighted by molar-refractivity contribution is -0.0485. The number of aliphatic hydroxyl groups is 1. The second kappa shape index (κ2) is 5.79. The predicted molar refractivity (Wildman–Crippen MR) is 103 cm³/mol. The van der Waals surface area contributed by atoms with E-state index in [4.69, 9.17) is 25.5 Å². The summed E-state index contributed by atoms with van der Waals surface area (Å²) < 4.78 is 18.6. The summed E-state index contributed by atoms with van der Waals surface area (Å²) in [6, 6.07) is 9.51. The summed E-state index contributed by atoms with van der Waals surface area (Å²) in [5.41, 5.74) is 0.918. The van der Waals surface area contributed by atoms with E-state index in [2.05, 4.69) is 38.9 Å². The predicted octanol–water partition coefficient (Wildman–Crippen LogP) is 3.30. The molecule has 6 atom stereocenters. The van der Waals surface area contributed by atoms with Crippen molar-refractivity contribution in [3.8, 4) is 0 Å². The summed E-state index contributed by atoms with van der Waals surface area (Å²) >= 11 is 6.88. The molecular weight excluding hydrogens is 370 g/mol. The largest absolute Gasteiger partial charge is 0.469 e. The third kappa shape index (κ3) is 2.58. The number of ether oxygens (including phenoxy) is 2. The van der Waals surface area contributed by atoms with Crippen LogP contribution < -0.4 is 0 Å². The molecule has 3 aliphatic heterocycles. The van der Waals surface area contributed by atoms with Crippen LogP contribution in [0.5, 0.6) is 0 Å². The second-order valence-corrected chi connectivity index (χ2v) is 14.2. The van der Waals surface area contributed by atoms with E-state index in [0.717, 1.165) is 5.56 Å². The van der Waals surface area contributed by atoms with Crippen LogP contribution in [0.2, 0.25) is 18.1 Å². The molecule has 2 fully saturated rings. The smallest absolute Gasteiger partial charge is 0.217 e. The molecule has 0 aromatic heterocycles.